The fraction of sp³-hybridized carbons (Fsp3) is 0.381. The Balaban J connectivity index is 1.52. The largest absolute Gasteiger partial charge is 0.376 e. The van der Waals surface area contributed by atoms with Crippen LogP contribution in [-0.2, 0) is 4.79 Å². The fourth-order valence-electron chi connectivity index (χ4n) is 3.26. The molecule has 132 valence electrons. The number of aryl methyl sites for hydroxylation is 2. The molecule has 0 aromatic heterocycles. The van der Waals surface area contributed by atoms with Gasteiger partial charge >= 0.3 is 0 Å². The van der Waals surface area contributed by atoms with Crippen molar-refractivity contribution in [2.45, 2.75) is 20.8 Å². The van der Waals surface area contributed by atoms with Gasteiger partial charge in [-0.15, -0.1) is 0 Å². The summed E-state index contributed by atoms with van der Waals surface area (Å²) in [5.74, 6) is 0.171. The van der Waals surface area contributed by atoms with Crippen molar-refractivity contribution in [3.8, 4) is 0 Å². The van der Waals surface area contributed by atoms with Gasteiger partial charge in [-0.1, -0.05) is 24.3 Å². The normalized spacial score (nSPS) is 14.5. The van der Waals surface area contributed by atoms with E-state index in [4.69, 9.17) is 0 Å². The third-order valence-corrected chi connectivity index (χ3v) is 5.03. The average Bonchev–Trinajstić information content (AvgIpc) is 2.63. The summed E-state index contributed by atoms with van der Waals surface area (Å²) in [6, 6.07) is 14.7. The number of amides is 1. The molecule has 1 amide bonds. The predicted octanol–water partition coefficient (Wildman–Crippen LogP) is 3.37. The van der Waals surface area contributed by atoms with Crippen molar-refractivity contribution in [1.29, 1.82) is 0 Å². The molecular weight excluding hydrogens is 310 g/mol. The summed E-state index contributed by atoms with van der Waals surface area (Å²) in [6.07, 6.45) is 0. The minimum atomic E-state index is 0.171. The van der Waals surface area contributed by atoms with Crippen molar-refractivity contribution in [2.75, 3.05) is 42.9 Å². The molecular formula is C21H27N3O. The average molecular weight is 337 g/mol. The molecule has 0 spiro atoms. The van der Waals surface area contributed by atoms with Gasteiger partial charge in [0.1, 0.15) is 0 Å². The Labute approximate surface area is 150 Å². The van der Waals surface area contributed by atoms with E-state index in [0.29, 0.717) is 6.54 Å². The molecule has 0 unspecified atom stereocenters. The molecule has 0 aliphatic carbocycles. The smallest absolute Gasteiger partial charge is 0.241 e. The first-order chi connectivity index (χ1) is 12.0. The molecule has 2 aromatic carbocycles. The minimum absolute atomic E-state index is 0.171. The van der Waals surface area contributed by atoms with Gasteiger partial charge in [-0.25, -0.2) is 0 Å². The van der Waals surface area contributed by atoms with Crippen LogP contribution in [0, 0.1) is 20.8 Å². The van der Waals surface area contributed by atoms with Gasteiger partial charge in [0.2, 0.25) is 5.91 Å². The van der Waals surface area contributed by atoms with Crippen LogP contribution in [-0.4, -0.2) is 43.5 Å². The van der Waals surface area contributed by atoms with E-state index in [1.807, 2.05) is 17.0 Å². The van der Waals surface area contributed by atoms with Crippen molar-refractivity contribution >= 4 is 17.3 Å². The van der Waals surface area contributed by atoms with Crippen LogP contribution in [0.4, 0.5) is 11.4 Å². The zero-order valence-corrected chi connectivity index (χ0v) is 15.4. The molecule has 1 heterocycles. The lowest BCUT2D eigenvalue weighted by molar-refractivity contribution is -0.129. The second-order valence-electron chi connectivity index (χ2n) is 6.81. The lowest BCUT2D eigenvalue weighted by Crippen LogP contribution is -2.50. The highest BCUT2D eigenvalue weighted by molar-refractivity contribution is 5.81. The zero-order chi connectivity index (χ0) is 17.8. The maximum atomic E-state index is 12.5. The third kappa shape index (κ3) is 4.13. The number of hydrogen-bond donors (Lipinski definition) is 1. The van der Waals surface area contributed by atoms with Crippen LogP contribution < -0.4 is 10.2 Å². The van der Waals surface area contributed by atoms with Crippen molar-refractivity contribution in [1.82, 2.24) is 4.90 Å². The standard InChI is InChI=1S/C21H27N3O/c1-16-6-4-8-19(14-16)23-10-12-24(13-11-23)21(25)15-22-20-9-5-7-17(2)18(20)3/h4-9,14,22H,10-13,15H2,1-3H3. The highest BCUT2D eigenvalue weighted by Gasteiger charge is 2.21. The van der Waals surface area contributed by atoms with Gasteiger partial charge < -0.3 is 15.1 Å². The molecule has 0 bridgehead atoms. The van der Waals surface area contributed by atoms with E-state index >= 15 is 0 Å². The minimum Gasteiger partial charge on any atom is -0.376 e. The number of hydrogen-bond acceptors (Lipinski definition) is 3. The summed E-state index contributed by atoms with van der Waals surface area (Å²) in [5.41, 5.74) is 6.02. The molecule has 1 fully saturated rings. The maximum absolute atomic E-state index is 12.5. The molecule has 4 heteroatoms. The van der Waals surface area contributed by atoms with Gasteiger partial charge in [0, 0.05) is 37.6 Å². The lowest BCUT2D eigenvalue weighted by Gasteiger charge is -2.36. The Morgan fingerprint density at radius 1 is 1.00 bits per heavy atom. The van der Waals surface area contributed by atoms with Gasteiger partial charge in [-0.05, 0) is 55.7 Å². The first kappa shape index (κ1) is 17.3. The zero-order valence-electron chi connectivity index (χ0n) is 15.4. The second-order valence-corrected chi connectivity index (χ2v) is 6.81. The topological polar surface area (TPSA) is 35.6 Å². The number of piperazine rings is 1. The molecule has 1 N–H and O–H groups in total. The Hall–Kier alpha value is -2.49. The van der Waals surface area contributed by atoms with E-state index in [9.17, 15) is 4.79 Å². The quantitative estimate of drug-likeness (QED) is 0.929. The monoisotopic (exact) mass is 337 g/mol. The van der Waals surface area contributed by atoms with Crippen LogP contribution in [0.1, 0.15) is 16.7 Å². The molecule has 25 heavy (non-hydrogen) atoms. The van der Waals surface area contributed by atoms with Crippen molar-refractivity contribution in [3.05, 3.63) is 59.2 Å². The van der Waals surface area contributed by atoms with E-state index in [1.54, 1.807) is 0 Å². The highest BCUT2D eigenvalue weighted by atomic mass is 16.2. The number of nitrogens with one attached hydrogen (secondary N) is 1. The van der Waals surface area contributed by atoms with Gasteiger partial charge in [-0.2, -0.15) is 0 Å². The van der Waals surface area contributed by atoms with Gasteiger partial charge in [0.05, 0.1) is 6.54 Å². The SMILES string of the molecule is Cc1cccc(N2CCN(C(=O)CNc3cccc(C)c3C)CC2)c1. The summed E-state index contributed by atoms with van der Waals surface area (Å²) in [5, 5.41) is 3.30. The van der Waals surface area contributed by atoms with E-state index < -0.39 is 0 Å². The number of anilines is 2. The van der Waals surface area contributed by atoms with Crippen molar-refractivity contribution in [2.24, 2.45) is 0 Å². The van der Waals surface area contributed by atoms with E-state index in [2.05, 4.69) is 61.3 Å². The van der Waals surface area contributed by atoms with Crippen molar-refractivity contribution < 1.29 is 4.79 Å². The molecule has 1 saturated heterocycles. The van der Waals surface area contributed by atoms with Crippen LogP contribution in [0.5, 0.6) is 0 Å². The number of carbonyl (C=O) groups is 1. The van der Waals surface area contributed by atoms with E-state index in [1.165, 1.54) is 22.4 Å². The van der Waals surface area contributed by atoms with Gasteiger partial charge in [0.15, 0.2) is 0 Å². The summed E-state index contributed by atoms with van der Waals surface area (Å²) in [6.45, 7) is 9.98. The molecule has 0 saturated carbocycles. The third-order valence-electron chi connectivity index (χ3n) is 5.03. The molecule has 3 rings (SSSR count). The lowest BCUT2D eigenvalue weighted by atomic mass is 10.1. The van der Waals surface area contributed by atoms with Gasteiger partial charge in [0.25, 0.3) is 0 Å². The van der Waals surface area contributed by atoms with Crippen LogP contribution in [0.15, 0.2) is 42.5 Å². The first-order valence-corrected chi connectivity index (χ1v) is 8.94. The molecule has 1 aliphatic heterocycles. The summed E-state index contributed by atoms with van der Waals surface area (Å²) in [4.78, 5) is 16.8. The number of rotatable bonds is 4. The van der Waals surface area contributed by atoms with Gasteiger partial charge in [-0.3, -0.25) is 4.79 Å². The Bertz CT molecular complexity index is 749. The van der Waals surface area contributed by atoms with Crippen molar-refractivity contribution in [3.63, 3.8) is 0 Å². The van der Waals surface area contributed by atoms with Crippen LogP contribution in [0.25, 0.3) is 0 Å². The summed E-state index contributed by atoms with van der Waals surface area (Å²) in [7, 11) is 0. The summed E-state index contributed by atoms with van der Waals surface area (Å²) >= 11 is 0. The Kier molecular flexibility index (Phi) is 5.27. The van der Waals surface area contributed by atoms with E-state index in [0.717, 1.165) is 31.9 Å². The molecule has 1 aliphatic rings. The van der Waals surface area contributed by atoms with Crippen LogP contribution >= 0.6 is 0 Å². The molecule has 0 atom stereocenters. The highest BCUT2D eigenvalue weighted by Crippen LogP contribution is 2.19. The molecule has 0 radical (unpaired) electrons. The molecule has 4 nitrogen and oxygen atoms in total. The van der Waals surface area contributed by atoms with E-state index in [-0.39, 0.29) is 5.91 Å². The Morgan fingerprint density at radius 3 is 2.44 bits per heavy atom. The number of benzene rings is 2. The number of carbonyl (C=O) groups excluding carboxylic acids is 1. The maximum Gasteiger partial charge on any atom is 0.241 e. The molecule has 2 aromatic rings. The Morgan fingerprint density at radius 2 is 1.72 bits per heavy atom. The summed E-state index contributed by atoms with van der Waals surface area (Å²) < 4.78 is 0. The fourth-order valence-corrected chi connectivity index (χ4v) is 3.26. The van der Waals surface area contributed by atoms with Crippen LogP contribution in [0.3, 0.4) is 0 Å². The predicted molar refractivity (Wildman–Crippen MR) is 104 cm³/mol. The van der Waals surface area contributed by atoms with Crippen LogP contribution in [0.2, 0.25) is 0 Å². The first-order valence-electron chi connectivity index (χ1n) is 8.94. The number of nitrogens with zero attached hydrogens (tertiary/aromatic N) is 2. The second kappa shape index (κ2) is 7.60.